The highest BCUT2D eigenvalue weighted by molar-refractivity contribution is 7.95. The first-order valence-electron chi connectivity index (χ1n) is 12.2. The quantitative estimate of drug-likeness (QED) is 0.332. The molecule has 34 heavy (non-hydrogen) atoms. The van der Waals surface area contributed by atoms with E-state index in [1.807, 2.05) is 0 Å². The molecule has 5 rings (SSSR count). The van der Waals surface area contributed by atoms with Gasteiger partial charge in [-0.25, -0.2) is 0 Å². The number of benzene rings is 4. The first kappa shape index (κ1) is 24.9. The number of halogens is 1. The van der Waals surface area contributed by atoms with Crippen LogP contribution in [0.3, 0.4) is 0 Å². The molecule has 0 saturated carbocycles. The van der Waals surface area contributed by atoms with Gasteiger partial charge < -0.3 is 17.0 Å². The van der Waals surface area contributed by atoms with Crippen molar-refractivity contribution in [3.63, 3.8) is 0 Å². The van der Waals surface area contributed by atoms with E-state index in [9.17, 15) is 0 Å². The van der Waals surface area contributed by atoms with Crippen molar-refractivity contribution in [2.45, 2.75) is 32.0 Å². The molecule has 1 aliphatic rings. The van der Waals surface area contributed by atoms with Crippen LogP contribution >= 0.6 is 7.26 Å². The lowest BCUT2D eigenvalue weighted by Crippen LogP contribution is -3.00. The summed E-state index contributed by atoms with van der Waals surface area (Å²) in [7, 11) is -1.84. The Kier molecular flexibility index (Phi) is 8.73. The molecule has 0 unspecified atom stereocenters. The number of likely N-dealkylation sites (tertiary alicyclic amines) is 1. The first-order valence-corrected chi connectivity index (χ1v) is 14.2. The van der Waals surface area contributed by atoms with E-state index in [0.29, 0.717) is 0 Å². The fraction of sp³-hybridized carbons (Fsp3) is 0.226. The number of hydrogen-bond donors (Lipinski definition) is 0. The molecule has 1 saturated heterocycles. The van der Waals surface area contributed by atoms with Crippen molar-refractivity contribution < 1.29 is 17.0 Å². The van der Waals surface area contributed by atoms with Crippen LogP contribution in [0.15, 0.2) is 115 Å². The second-order valence-corrected chi connectivity index (χ2v) is 12.6. The lowest BCUT2D eigenvalue weighted by molar-refractivity contribution is -0.00000652. The molecule has 174 valence electrons. The summed E-state index contributed by atoms with van der Waals surface area (Å²) in [5.74, 6) is 0. The molecule has 4 aromatic rings. The molecule has 0 amide bonds. The minimum absolute atomic E-state index is 0. The minimum atomic E-state index is -1.84. The van der Waals surface area contributed by atoms with E-state index in [2.05, 4.69) is 120 Å². The highest BCUT2D eigenvalue weighted by Crippen LogP contribution is 2.58. The Morgan fingerprint density at radius 3 is 1.35 bits per heavy atom. The van der Waals surface area contributed by atoms with Gasteiger partial charge >= 0.3 is 0 Å². The van der Waals surface area contributed by atoms with Gasteiger partial charge in [0.15, 0.2) is 0 Å². The molecule has 0 bridgehead atoms. The minimum Gasteiger partial charge on any atom is -1.00 e. The second-order valence-electron chi connectivity index (χ2n) is 9.13. The molecule has 1 aliphatic heterocycles. The van der Waals surface area contributed by atoms with Crippen LogP contribution in [0.5, 0.6) is 0 Å². The predicted molar refractivity (Wildman–Crippen MR) is 144 cm³/mol. The van der Waals surface area contributed by atoms with E-state index in [-0.39, 0.29) is 17.0 Å². The van der Waals surface area contributed by atoms with Crippen LogP contribution in [0.2, 0.25) is 0 Å². The van der Waals surface area contributed by atoms with Gasteiger partial charge in [0, 0.05) is 6.54 Å². The normalized spacial score (nSPS) is 14.4. The van der Waals surface area contributed by atoms with Gasteiger partial charge in [0.05, 0.1) is 6.16 Å². The first-order chi connectivity index (χ1) is 16.3. The Morgan fingerprint density at radius 2 is 0.912 bits per heavy atom. The molecular formula is C31H33BrNP. The lowest BCUT2D eigenvalue weighted by Gasteiger charge is -2.28. The van der Waals surface area contributed by atoms with Crippen LogP contribution in [0.25, 0.3) is 0 Å². The largest absolute Gasteiger partial charge is 1.00 e. The molecular weight excluding hydrogens is 497 g/mol. The van der Waals surface area contributed by atoms with Crippen molar-refractivity contribution in [3.8, 4) is 0 Å². The van der Waals surface area contributed by atoms with Crippen molar-refractivity contribution in [3.05, 3.63) is 126 Å². The van der Waals surface area contributed by atoms with Crippen molar-refractivity contribution in [2.24, 2.45) is 0 Å². The van der Waals surface area contributed by atoms with Crippen LogP contribution in [-0.4, -0.2) is 18.0 Å². The van der Waals surface area contributed by atoms with E-state index in [1.165, 1.54) is 59.4 Å². The third-order valence-electron chi connectivity index (χ3n) is 6.89. The SMILES string of the molecule is [Br-].c1ccc([P+](Cc2ccc(CN3CCCCC3)cc2)(c2ccccc2)c2ccccc2)cc1. The van der Waals surface area contributed by atoms with Crippen LogP contribution in [0, 0.1) is 0 Å². The van der Waals surface area contributed by atoms with Crippen LogP contribution < -0.4 is 32.9 Å². The maximum atomic E-state index is 2.60. The van der Waals surface area contributed by atoms with Gasteiger partial charge in [-0.1, -0.05) is 85.3 Å². The molecule has 0 radical (unpaired) electrons. The van der Waals surface area contributed by atoms with Gasteiger partial charge in [0.1, 0.15) is 23.2 Å². The average molecular weight is 530 g/mol. The standard InChI is InChI=1S/C31H33NP.BrH/c1-5-13-29(14-6-1)33(30-15-7-2-8-16-30,31-17-9-3-10-18-31)26-28-21-19-27(20-22-28)25-32-23-11-4-12-24-32;/h1-3,5-10,13-22H,4,11-12,23-26H2;1H/q+1;/p-1. The molecule has 0 aromatic heterocycles. The summed E-state index contributed by atoms with van der Waals surface area (Å²) in [5.41, 5.74) is 2.85. The summed E-state index contributed by atoms with van der Waals surface area (Å²) in [6.07, 6.45) is 5.11. The van der Waals surface area contributed by atoms with E-state index < -0.39 is 7.26 Å². The zero-order valence-corrected chi connectivity index (χ0v) is 22.2. The van der Waals surface area contributed by atoms with E-state index in [0.717, 1.165) is 12.7 Å². The Labute approximate surface area is 216 Å². The van der Waals surface area contributed by atoms with Crippen molar-refractivity contribution >= 4 is 23.2 Å². The van der Waals surface area contributed by atoms with Crippen molar-refractivity contribution in [1.29, 1.82) is 0 Å². The predicted octanol–water partition coefficient (Wildman–Crippen LogP) is 3.17. The van der Waals surface area contributed by atoms with Gasteiger partial charge in [0.25, 0.3) is 0 Å². The molecule has 0 atom stereocenters. The third-order valence-corrected chi connectivity index (χ3v) is 11.3. The summed E-state index contributed by atoms with van der Waals surface area (Å²) in [6, 6.07) is 43.0. The van der Waals surface area contributed by atoms with Gasteiger partial charge in [0.2, 0.25) is 0 Å². The number of hydrogen-bond acceptors (Lipinski definition) is 1. The van der Waals surface area contributed by atoms with Crippen molar-refractivity contribution in [1.82, 2.24) is 4.90 Å². The van der Waals surface area contributed by atoms with E-state index in [4.69, 9.17) is 0 Å². The Morgan fingerprint density at radius 1 is 0.500 bits per heavy atom. The van der Waals surface area contributed by atoms with Crippen LogP contribution in [-0.2, 0) is 12.7 Å². The number of piperidine rings is 1. The Hall–Kier alpha value is -2.25. The van der Waals surface area contributed by atoms with Gasteiger partial charge in [-0.15, -0.1) is 0 Å². The highest BCUT2D eigenvalue weighted by atomic mass is 79.9. The summed E-state index contributed by atoms with van der Waals surface area (Å²) >= 11 is 0. The van der Waals surface area contributed by atoms with Crippen LogP contribution in [0.1, 0.15) is 30.4 Å². The van der Waals surface area contributed by atoms with Gasteiger partial charge in [-0.2, -0.15) is 0 Å². The maximum absolute atomic E-state index is 2.60. The average Bonchev–Trinajstić information content (AvgIpc) is 2.90. The molecule has 1 heterocycles. The smallest absolute Gasteiger partial charge is 0.116 e. The number of nitrogens with zero attached hydrogens (tertiary/aromatic N) is 1. The maximum Gasteiger partial charge on any atom is 0.116 e. The highest BCUT2D eigenvalue weighted by Gasteiger charge is 2.45. The van der Waals surface area contributed by atoms with Gasteiger partial charge in [-0.3, -0.25) is 4.90 Å². The molecule has 1 nitrogen and oxygen atoms in total. The zero-order valence-electron chi connectivity index (χ0n) is 19.7. The summed E-state index contributed by atoms with van der Waals surface area (Å²) in [6.45, 7) is 3.56. The second kappa shape index (κ2) is 11.9. The van der Waals surface area contributed by atoms with Gasteiger partial charge in [-0.05, 0) is 73.5 Å². The van der Waals surface area contributed by atoms with E-state index >= 15 is 0 Å². The zero-order chi connectivity index (χ0) is 22.3. The Balaban J connectivity index is 0.00000274. The topological polar surface area (TPSA) is 3.24 Å². The van der Waals surface area contributed by atoms with Crippen molar-refractivity contribution in [2.75, 3.05) is 13.1 Å². The molecule has 0 aliphatic carbocycles. The lowest BCUT2D eigenvalue weighted by atomic mass is 10.1. The van der Waals surface area contributed by atoms with E-state index in [1.54, 1.807) is 0 Å². The molecule has 1 fully saturated rings. The van der Waals surface area contributed by atoms with Crippen LogP contribution in [0.4, 0.5) is 0 Å². The fourth-order valence-electron chi connectivity index (χ4n) is 5.17. The summed E-state index contributed by atoms with van der Waals surface area (Å²) in [5, 5.41) is 4.33. The third kappa shape index (κ3) is 5.52. The fourth-order valence-corrected chi connectivity index (χ4v) is 9.41. The number of rotatable bonds is 7. The molecule has 0 spiro atoms. The monoisotopic (exact) mass is 529 g/mol. The molecule has 0 N–H and O–H groups in total. The molecule has 3 heteroatoms. The summed E-state index contributed by atoms with van der Waals surface area (Å²) < 4.78 is 0. The Bertz CT molecular complexity index is 1030. The summed E-state index contributed by atoms with van der Waals surface area (Å²) in [4.78, 5) is 2.60. The molecule has 4 aromatic carbocycles.